The van der Waals surface area contributed by atoms with Crippen LogP contribution in [-0.2, 0) is 4.79 Å². The van der Waals surface area contributed by atoms with Crippen LogP contribution in [0.1, 0.15) is 31.7 Å². The molecule has 0 unspecified atom stereocenters. The first-order valence-corrected chi connectivity index (χ1v) is 8.93. The van der Waals surface area contributed by atoms with Crippen molar-refractivity contribution in [1.29, 1.82) is 0 Å². The molecule has 3 heterocycles. The number of H-pyrrole nitrogens is 1. The number of aromatic nitrogens is 2. The third-order valence-electron chi connectivity index (χ3n) is 5.45. The van der Waals surface area contributed by atoms with E-state index in [1.165, 1.54) is 0 Å². The highest BCUT2D eigenvalue weighted by Gasteiger charge is 2.30. The fourth-order valence-corrected chi connectivity index (χ4v) is 4.11. The Kier molecular flexibility index (Phi) is 4.14. The lowest BCUT2D eigenvalue weighted by atomic mass is 9.95. The zero-order chi connectivity index (χ0) is 16.5. The number of nitrogens with one attached hydrogen (secondary N) is 2. The van der Waals surface area contributed by atoms with Gasteiger partial charge in [-0.15, -0.1) is 0 Å². The average molecular weight is 328 g/mol. The van der Waals surface area contributed by atoms with E-state index in [1.54, 1.807) is 0 Å². The van der Waals surface area contributed by atoms with Gasteiger partial charge in [0.25, 0.3) is 0 Å². The summed E-state index contributed by atoms with van der Waals surface area (Å²) >= 11 is 0. The second-order valence-electron chi connectivity index (χ2n) is 6.90. The van der Waals surface area contributed by atoms with Crippen LogP contribution in [0.5, 0.6) is 0 Å². The number of imidazole rings is 1. The minimum absolute atomic E-state index is 0.0423. The minimum atomic E-state index is -0.0423. The first-order valence-electron chi connectivity index (χ1n) is 8.93. The lowest BCUT2D eigenvalue weighted by Gasteiger charge is -2.35. The van der Waals surface area contributed by atoms with Gasteiger partial charge in [0, 0.05) is 25.0 Å². The Balaban J connectivity index is 1.46. The van der Waals surface area contributed by atoms with Gasteiger partial charge in [0.15, 0.2) is 0 Å². The number of rotatable bonds is 2. The van der Waals surface area contributed by atoms with Crippen LogP contribution in [0, 0.1) is 5.92 Å². The van der Waals surface area contributed by atoms with E-state index in [9.17, 15) is 9.59 Å². The van der Waals surface area contributed by atoms with Crippen LogP contribution in [0.25, 0.3) is 11.0 Å². The fraction of sp³-hybridized carbons (Fsp3) is 0.556. The molecule has 128 valence electrons. The number of benzene rings is 1. The summed E-state index contributed by atoms with van der Waals surface area (Å²) in [6.45, 7) is 3.38. The van der Waals surface area contributed by atoms with Gasteiger partial charge in [-0.25, -0.2) is 4.79 Å². The SMILES string of the molecule is O=C(C1CCNCC1)N1CCC(n2c(=O)[nH]c3ccccc32)CC1. The van der Waals surface area contributed by atoms with Crippen molar-refractivity contribution >= 4 is 16.9 Å². The van der Waals surface area contributed by atoms with Gasteiger partial charge in [0.1, 0.15) is 0 Å². The van der Waals surface area contributed by atoms with Crippen molar-refractivity contribution in [3.63, 3.8) is 0 Å². The quantitative estimate of drug-likeness (QED) is 0.877. The van der Waals surface area contributed by atoms with Gasteiger partial charge in [0.05, 0.1) is 11.0 Å². The first-order chi connectivity index (χ1) is 11.7. The zero-order valence-corrected chi connectivity index (χ0v) is 13.8. The number of likely N-dealkylation sites (tertiary alicyclic amines) is 1. The van der Waals surface area contributed by atoms with Gasteiger partial charge in [-0.05, 0) is 50.9 Å². The van der Waals surface area contributed by atoms with Gasteiger partial charge in [-0.3, -0.25) is 9.36 Å². The molecule has 6 nitrogen and oxygen atoms in total. The minimum Gasteiger partial charge on any atom is -0.342 e. The molecule has 24 heavy (non-hydrogen) atoms. The summed E-state index contributed by atoms with van der Waals surface area (Å²) in [6.07, 6.45) is 3.58. The van der Waals surface area contributed by atoms with Gasteiger partial charge in [-0.1, -0.05) is 12.1 Å². The van der Waals surface area contributed by atoms with Crippen LogP contribution in [0.4, 0.5) is 0 Å². The van der Waals surface area contributed by atoms with Crippen LogP contribution in [0.2, 0.25) is 0 Å². The maximum absolute atomic E-state index is 12.6. The van der Waals surface area contributed by atoms with Crippen molar-refractivity contribution in [3.05, 3.63) is 34.7 Å². The summed E-state index contributed by atoms with van der Waals surface area (Å²) in [5, 5.41) is 3.31. The molecule has 0 spiro atoms. The molecule has 2 saturated heterocycles. The number of carbonyl (C=O) groups excluding carboxylic acids is 1. The summed E-state index contributed by atoms with van der Waals surface area (Å²) in [6, 6.07) is 7.99. The molecule has 1 aromatic carbocycles. The maximum Gasteiger partial charge on any atom is 0.326 e. The van der Waals surface area contributed by atoms with Crippen LogP contribution < -0.4 is 11.0 Å². The number of amides is 1. The molecule has 6 heteroatoms. The van der Waals surface area contributed by atoms with E-state index >= 15 is 0 Å². The molecule has 0 atom stereocenters. The lowest BCUT2D eigenvalue weighted by Crippen LogP contribution is -2.45. The van der Waals surface area contributed by atoms with E-state index in [0.717, 1.165) is 62.9 Å². The highest BCUT2D eigenvalue weighted by molar-refractivity contribution is 5.79. The van der Waals surface area contributed by atoms with Gasteiger partial charge >= 0.3 is 5.69 Å². The van der Waals surface area contributed by atoms with Crippen LogP contribution in [-0.4, -0.2) is 46.5 Å². The van der Waals surface area contributed by atoms with Crippen molar-refractivity contribution in [2.75, 3.05) is 26.2 Å². The molecule has 1 aromatic heterocycles. The standard InChI is InChI=1S/C18H24N4O2/c23-17(13-5-9-19-10-6-13)21-11-7-14(8-12-21)22-16-4-2-1-3-15(16)20-18(22)24/h1-4,13-14,19H,5-12H2,(H,20,24). The molecular weight excluding hydrogens is 304 g/mol. The summed E-state index contributed by atoms with van der Waals surface area (Å²) in [4.78, 5) is 29.9. The third kappa shape index (κ3) is 2.75. The smallest absolute Gasteiger partial charge is 0.326 e. The second-order valence-corrected chi connectivity index (χ2v) is 6.90. The van der Waals surface area contributed by atoms with Crippen LogP contribution in [0.3, 0.4) is 0 Å². The number of hydrogen-bond donors (Lipinski definition) is 2. The van der Waals surface area contributed by atoms with Crippen molar-refractivity contribution < 1.29 is 4.79 Å². The topological polar surface area (TPSA) is 70.1 Å². The largest absolute Gasteiger partial charge is 0.342 e. The monoisotopic (exact) mass is 328 g/mol. The Morgan fingerprint density at radius 3 is 2.50 bits per heavy atom. The van der Waals surface area contributed by atoms with Crippen LogP contribution in [0.15, 0.2) is 29.1 Å². The Morgan fingerprint density at radius 1 is 1.04 bits per heavy atom. The third-order valence-corrected chi connectivity index (χ3v) is 5.45. The number of carbonyl (C=O) groups is 1. The second kappa shape index (κ2) is 6.43. The molecule has 2 fully saturated rings. The number of piperidine rings is 2. The molecule has 0 radical (unpaired) electrons. The van der Waals surface area contributed by atoms with E-state index in [1.807, 2.05) is 33.7 Å². The highest BCUT2D eigenvalue weighted by atomic mass is 16.2. The maximum atomic E-state index is 12.6. The number of para-hydroxylation sites is 2. The molecular formula is C18H24N4O2. The number of aromatic amines is 1. The number of nitrogens with zero attached hydrogens (tertiary/aromatic N) is 2. The number of fused-ring (bicyclic) bond motifs is 1. The van der Waals surface area contributed by atoms with E-state index in [4.69, 9.17) is 0 Å². The lowest BCUT2D eigenvalue weighted by molar-refractivity contribution is -0.137. The molecule has 0 saturated carbocycles. The van der Waals surface area contributed by atoms with E-state index in [0.29, 0.717) is 5.91 Å². The Bertz CT molecular complexity index is 780. The Hall–Kier alpha value is -2.08. The molecule has 0 aliphatic carbocycles. The molecule has 2 aromatic rings. The molecule has 0 bridgehead atoms. The normalized spacial score (nSPS) is 20.6. The first kappa shape index (κ1) is 15.4. The van der Waals surface area contributed by atoms with Gasteiger partial charge in [-0.2, -0.15) is 0 Å². The van der Waals surface area contributed by atoms with Crippen molar-refractivity contribution in [2.24, 2.45) is 5.92 Å². The van der Waals surface area contributed by atoms with E-state index in [2.05, 4.69) is 10.3 Å². The summed E-state index contributed by atoms with van der Waals surface area (Å²) in [5.74, 6) is 0.486. The van der Waals surface area contributed by atoms with Crippen molar-refractivity contribution in [1.82, 2.24) is 19.8 Å². The molecule has 2 N–H and O–H groups in total. The number of hydrogen-bond acceptors (Lipinski definition) is 3. The fourth-order valence-electron chi connectivity index (χ4n) is 4.11. The van der Waals surface area contributed by atoms with E-state index in [-0.39, 0.29) is 17.6 Å². The molecule has 2 aliphatic rings. The molecule has 4 rings (SSSR count). The zero-order valence-electron chi connectivity index (χ0n) is 13.8. The molecule has 2 aliphatic heterocycles. The summed E-state index contributed by atoms with van der Waals surface area (Å²) < 4.78 is 1.88. The Labute approximate surface area is 140 Å². The van der Waals surface area contributed by atoms with E-state index < -0.39 is 0 Å². The van der Waals surface area contributed by atoms with Crippen LogP contribution >= 0.6 is 0 Å². The predicted octanol–water partition coefficient (Wildman–Crippen LogP) is 1.49. The summed E-state index contributed by atoms with van der Waals surface area (Å²) in [7, 11) is 0. The van der Waals surface area contributed by atoms with Crippen molar-refractivity contribution in [2.45, 2.75) is 31.7 Å². The summed E-state index contributed by atoms with van der Waals surface area (Å²) in [5.41, 5.74) is 1.81. The average Bonchev–Trinajstić information content (AvgIpc) is 2.98. The van der Waals surface area contributed by atoms with Crippen molar-refractivity contribution in [3.8, 4) is 0 Å². The van der Waals surface area contributed by atoms with Gasteiger partial charge < -0.3 is 15.2 Å². The molecule has 1 amide bonds. The predicted molar refractivity (Wildman–Crippen MR) is 93.0 cm³/mol. The highest BCUT2D eigenvalue weighted by Crippen LogP contribution is 2.26. The Morgan fingerprint density at radius 2 is 1.75 bits per heavy atom. The van der Waals surface area contributed by atoms with Gasteiger partial charge in [0.2, 0.25) is 5.91 Å².